The number of ether oxygens (including phenoxy) is 1. The van der Waals surface area contributed by atoms with Gasteiger partial charge in [-0.3, -0.25) is 4.79 Å². The number of hydrogen-bond acceptors (Lipinski definition) is 5. The third kappa shape index (κ3) is 5.40. The first-order chi connectivity index (χ1) is 15.4. The molecule has 1 aliphatic heterocycles. The molecule has 1 aromatic heterocycles. The molecule has 1 saturated carbocycles. The van der Waals surface area contributed by atoms with E-state index in [0.717, 1.165) is 86.0 Å². The zero-order chi connectivity index (χ0) is 23.3. The first kappa shape index (κ1) is 24.0. The number of nitrogens with zero attached hydrogens (tertiary/aromatic N) is 4. The van der Waals surface area contributed by atoms with Crippen molar-refractivity contribution in [2.75, 3.05) is 38.7 Å². The van der Waals surface area contributed by atoms with Crippen molar-refractivity contribution in [3.63, 3.8) is 0 Å². The second-order valence-electron chi connectivity index (χ2n) is 8.93. The summed E-state index contributed by atoms with van der Waals surface area (Å²) in [7, 11) is 3.56. The number of methoxy groups -OCH3 is 1. The molecular formula is C26H38N4O2. The van der Waals surface area contributed by atoms with Gasteiger partial charge in [0.15, 0.2) is 0 Å². The van der Waals surface area contributed by atoms with E-state index in [1.165, 1.54) is 0 Å². The molecule has 1 amide bonds. The fraction of sp³-hybridized carbons (Fsp3) is 0.577. The van der Waals surface area contributed by atoms with Gasteiger partial charge in [0.05, 0.1) is 19.2 Å². The molecular weight excluding hydrogens is 400 g/mol. The Balaban J connectivity index is 1.77. The summed E-state index contributed by atoms with van der Waals surface area (Å²) in [5, 5.41) is 0. The maximum absolute atomic E-state index is 12.7. The van der Waals surface area contributed by atoms with Crippen LogP contribution < -0.4 is 4.90 Å². The third-order valence-electron chi connectivity index (χ3n) is 6.64. The van der Waals surface area contributed by atoms with Gasteiger partial charge in [0.1, 0.15) is 5.76 Å². The average molecular weight is 439 g/mol. The van der Waals surface area contributed by atoms with Crippen molar-refractivity contribution < 1.29 is 9.53 Å². The zero-order valence-electron chi connectivity index (χ0n) is 20.2. The lowest BCUT2D eigenvalue weighted by Crippen LogP contribution is -2.36. The molecule has 0 radical (unpaired) electrons. The molecule has 0 N–H and O–H groups in total. The van der Waals surface area contributed by atoms with Crippen molar-refractivity contribution in [2.24, 2.45) is 5.92 Å². The summed E-state index contributed by atoms with van der Waals surface area (Å²) >= 11 is 0. The van der Waals surface area contributed by atoms with Gasteiger partial charge in [0.25, 0.3) is 0 Å². The summed E-state index contributed by atoms with van der Waals surface area (Å²) in [4.78, 5) is 26.7. The first-order valence-electron chi connectivity index (χ1n) is 11.8. The van der Waals surface area contributed by atoms with Crippen LogP contribution in [0.2, 0.25) is 0 Å². The first-order valence-corrected chi connectivity index (χ1v) is 11.8. The van der Waals surface area contributed by atoms with Crippen molar-refractivity contribution in [3.8, 4) is 0 Å². The predicted molar refractivity (Wildman–Crippen MR) is 130 cm³/mol. The van der Waals surface area contributed by atoms with Crippen LogP contribution in [0.5, 0.6) is 0 Å². The number of likely N-dealkylation sites (N-methyl/N-ethyl adjacent to an activating group) is 1. The van der Waals surface area contributed by atoms with Gasteiger partial charge in [0.2, 0.25) is 11.9 Å². The van der Waals surface area contributed by atoms with Crippen LogP contribution in [0.3, 0.4) is 0 Å². The lowest BCUT2D eigenvalue weighted by atomic mass is 9.88. The molecule has 174 valence electrons. The topological polar surface area (TPSA) is 58.6 Å². The van der Waals surface area contributed by atoms with Gasteiger partial charge in [-0.25, -0.2) is 9.97 Å². The lowest BCUT2D eigenvalue weighted by Gasteiger charge is -2.33. The molecule has 1 saturated heterocycles. The molecule has 0 unspecified atom stereocenters. The number of amides is 1. The molecule has 0 atom stereocenters. The van der Waals surface area contributed by atoms with Crippen LogP contribution in [0, 0.1) is 12.8 Å². The highest BCUT2D eigenvalue weighted by molar-refractivity contribution is 5.79. The largest absolute Gasteiger partial charge is 0.496 e. The third-order valence-corrected chi connectivity index (χ3v) is 6.64. The maximum atomic E-state index is 12.7. The fourth-order valence-electron chi connectivity index (χ4n) is 4.58. The van der Waals surface area contributed by atoms with E-state index in [1.54, 1.807) is 13.2 Å². The van der Waals surface area contributed by atoms with Crippen molar-refractivity contribution in [1.29, 1.82) is 0 Å². The van der Waals surface area contributed by atoms with Crippen LogP contribution in [-0.2, 0) is 16.0 Å². The molecule has 2 heterocycles. The highest BCUT2D eigenvalue weighted by atomic mass is 16.5. The number of hydrogen-bond donors (Lipinski definition) is 0. The molecule has 2 aliphatic rings. The van der Waals surface area contributed by atoms with Crippen molar-refractivity contribution in [1.82, 2.24) is 14.9 Å². The summed E-state index contributed by atoms with van der Waals surface area (Å²) in [6.07, 6.45) is 9.30. The Hall–Kier alpha value is -2.63. The van der Waals surface area contributed by atoms with Crippen LogP contribution in [0.15, 0.2) is 36.6 Å². The predicted octanol–water partition coefficient (Wildman–Crippen LogP) is 4.56. The molecule has 6 nitrogen and oxygen atoms in total. The minimum atomic E-state index is 0.147. The van der Waals surface area contributed by atoms with Crippen LogP contribution in [0.25, 0.3) is 0 Å². The van der Waals surface area contributed by atoms with Gasteiger partial charge in [-0.05, 0) is 56.6 Å². The monoisotopic (exact) mass is 438 g/mol. The SMILES string of the molecule is C=C/C(OC)=C(\C=C)C1CCN(c2nc(C)c(CC(=O)N(C)CCC)c(C3CC3)n2)CC1. The summed E-state index contributed by atoms with van der Waals surface area (Å²) in [6, 6.07) is 0. The fourth-order valence-corrected chi connectivity index (χ4v) is 4.58. The maximum Gasteiger partial charge on any atom is 0.226 e. The van der Waals surface area contributed by atoms with E-state index < -0.39 is 0 Å². The van der Waals surface area contributed by atoms with Gasteiger partial charge in [0, 0.05) is 43.9 Å². The molecule has 3 rings (SSSR count). The molecule has 1 aromatic rings. The standard InChI is InChI=1S/C26H38N4O2/c1-7-14-29(5)24(31)17-22-18(4)27-26(28-25(22)20-10-11-20)30-15-12-19(13-16-30)21(8-2)23(9-3)32-6/h8-9,19-20H,2-3,7,10-17H2,1,4-6H3/b23-21-. The van der Waals surface area contributed by atoms with Gasteiger partial charge >= 0.3 is 0 Å². The van der Waals surface area contributed by atoms with Gasteiger partial charge in [-0.15, -0.1) is 0 Å². The van der Waals surface area contributed by atoms with E-state index in [1.807, 2.05) is 24.9 Å². The molecule has 0 spiro atoms. The second-order valence-corrected chi connectivity index (χ2v) is 8.93. The van der Waals surface area contributed by atoms with Crippen LogP contribution >= 0.6 is 0 Å². The molecule has 6 heteroatoms. The van der Waals surface area contributed by atoms with Crippen molar-refractivity contribution in [2.45, 2.75) is 58.3 Å². The Morgan fingerprint density at radius 1 is 1.19 bits per heavy atom. The van der Waals surface area contributed by atoms with E-state index in [-0.39, 0.29) is 5.91 Å². The highest BCUT2D eigenvalue weighted by Gasteiger charge is 2.32. The van der Waals surface area contributed by atoms with Crippen LogP contribution in [-0.4, -0.2) is 54.6 Å². The number of allylic oxidation sites excluding steroid dienone is 3. The number of aromatic nitrogens is 2. The number of piperidine rings is 1. The summed E-state index contributed by atoms with van der Waals surface area (Å²) in [5.74, 6) is 2.63. The second kappa shape index (κ2) is 10.8. The van der Waals surface area contributed by atoms with Gasteiger partial charge < -0.3 is 14.5 Å². The van der Waals surface area contributed by atoms with Crippen molar-refractivity contribution >= 4 is 11.9 Å². The van der Waals surface area contributed by atoms with Crippen molar-refractivity contribution in [3.05, 3.63) is 53.6 Å². The summed E-state index contributed by atoms with van der Waals surface area (Å²) in [5.41, 5.74) is 4.19. The number of rotatable bonds is 10. The quantitative estimate of drug-likeness (QED) is 0.396. The normalized spacial score (nSPS) is 17.6. The van der Waals surface area contributed by atoms with E-state index in [2.05, 4.69) is 25.0 Å². The average Bonchev–Trinajstić information content (AvgIpc) is 3.64. The van der Waals surface area contributed by atoms with E-state index >= 15 is 0 Å². The Bertz CT molecular complexity index is 880. The van der Waals surface area contributed by atoms with E-state index in [0.29, 0.717) is 18.3 Å². The molecule has 0 aromatic carbocycles. The number of anilines is 1. The Morgan fingerprint density at radius 2 is 1.88 bits per heavy atom. The van der Waals surface area contributed by atoms with Crippen LogP contribution in [0.4, 0.5) is 5.95 Å². The van der Waals surface area contributed by atoms with Gasteiger partial charge in [-0.1, -0.05) is 26.2 Å². The Kier molecular flexibility index (Phi) is 8.10. The number of carbonyl (C=O) groups is 1. The zero-order valence-corrected chi connectivity index (χ0v) is 20.2. The number of aryl methyl sites for hydroxylation is 1. The minimum absolute atomic E-state index is 0.147. The molecule has 0 bridgehead atoms. The smallest absolute Gasteiger partial charge is 0.226 e. The molecule has 2 fully saturated rings. The molecule has 32 heavy (non-hydrogen) atoms. The molecule has 1 aliphatic carbocycles. The Morgan fingerprint density at radius 3 is 2.41 bits per heavy atom. The summed E-state index contributed by atoms with van der Waals surface area (Å²) < 4.78 is 5.48. The lowest BCUT2D eigenvalue weighted by molar-refractivity contribution is -0.129. The van der Waals surface area contributed by atoms with E-state index in [4.69, 9.17) is 14.7 Å². The number of carbonyl (C=O) groups excluding carboxylic acids is 1. The minimum Gasteiger partial charge on any atom is -0.496 e. The van der Waals surface area contributed by atoms with Gasteiger partial charge in [-0.2, -0.15) is 0 Å². The summed E-state index contributed by atoms with van der Waals surface area (Å²) in [6.45, 7) is 14.5. The van der Waals surface area contributed by atoms with E-state index in [9.17, 15) is 4.79 Å². The highest BCUT2D eigenvalue weighted by Crippen LogP contribution is 2.42. The van der Waals surface area contributed by atoms with Crippen LogP contribution in [0.1, 0.15) is 61.9 Å². The Labute approximate surface area is 193 Å².